The van der Waals surface area contributed by atoms with Crippen molar-refractivity contribution in [2.24, 2.45) is 0 Å². The van der Waals surface area contributed by atoms with Gasteiger partial charge in [0.1, 0.15) is 12.3 Å². The van der Waals surface area contributed by atoms with Crippen molar-refractivity contribution in [3.63, 3.8) is 0 Å². The van der Waals surface area contributed by atoms with E-state index in [4.69, 9.17) is 4.74 Å². The van der Waals surface area contributed by atoms with Crippen LogP contribution >= 0.6 is 0 Å². The molecule has 1 aromatic heterocycles. The lowest BCUT2D eigenvalue weighted by Crippen LogP contribution is -2.21. The zero-order valence-corrected chi connectivity index (χ0v) is 10.1. The average molecular weight is 239 g/mol. The molecule has 1 aromatic rings. The molecule has 0 bridgehead atoms. The largest absolute Gasteiger partial charge is 0.484 e. The molecule has 0 spiro atoms. The molecule has 0 aliphatic carbocycles. The molecule has 17 heavy (non-hydrogen) atoms. The van der Waals surface area contributed by atoms with Crippen molar-refractivity contribution in [3.8, 4) is 5.75 Å². The van der Waals surface area contributed by atoms with Crippen molar-refractivity contribution in [1.82, 2.24) is 10.3 Å². The molecule has 0 amide bonds. The second-order valence-corrected chi connectivity index (χ2v) is 3.63. The van der Waals surface area contributed by atoms with Gasteiger partial charge in [0, 0.05) is 13.5 Å². The summed E-state index contributed by atoms with van der Waals surface area (Å²) in [5.74, 6) is -0.000565. The SMILES string of the molecule is CCCNCCOc1ccc(C)nc1[N+](=O)[O-]. The standard InChI is InChI=1S/C11H17N3O3/c1-3-6-12-7-8-17-10-5-4-9(2)13-11(10)14(15)16/h4-5,12H,3,6-8H2,1-2H3. The van der Waals surface area contributed by atoms with Crippen LogP contribution < -0.4 is 10.1 Å². The lowest BCUT2D eigenvalue weighted by molar-refractivity contribution is -0.390. The summed E-state index contributed by atoms with van der Waals surface area (Å²) in [4.78, 5) is 14.1. The Kier molecular flexibility index (Phi) is 5.35. The van der Waals surface area contributed by atoms with Crippen molar-refractivity contribution in [2.45, 2.75) is 20.3 Å². The molecule has 0 radical (unpaired) electrons. The number of hydrogen-bond donors (Lipinski definition) is 1. The van der Waals surface area contributed by atoms with Crippen LogP contribution in [0.3, 0.4) is 0 Å². The minimum absolute atomic E-state index is 0.221. The van der Waals surface area contributed by atoms with E-state index in [0.29, 0.717) is 18.8 Å². The Labute approximate surface area is 100 Å². The first kappa shape index (κ1) is 13.4. The van der Waals surface area contributed by atoms with Crippen molar-refractivity contribution >= 4 is 5.82 Å². The lowest BCUT2D eigenvalue weighted by atomic mass is 10.3. The van der Waals surface area contributed by atoms with Gasteiger partial charge in [-0.3, -0.25) is 0 Å². The van der Waals surface area contributed by atoms with E-state index in [0.717, 1.165) is 13.0 Å². The Morgan fingerprint density at radius 1 is 1.47 bits per heavy atom. The zero-order chi connectivity index (χ0) is 12.7. The van der Waals surface area contributed by atoms with E-state index in [2.05, 4.69) is 17.2 Å². The summed E-state index contributed by atoms with van der Waals surface area (Å²) in [5, 5.41) is 13.9. The van der Waals surface area contributed by atoms with Crippen molar-refractivity contribution in [1.29, 1.82) is 0 Å². The van der Waals surface area contributed by atoms with Crippen molar-refractivity contribution in [2.75, 3.05) is 19.7 Å². The monoisotopic (exact) mass is 239 g/mol. The maximum absolute atomic E-state index is 10.8. The van der Waals surface area contributed by atoms with Gasteiger partial charge in [-0.15, -0.1) is 0 Å². The summed E-state index contributed by atoms with van der Waals surface area (Å²) in [5.41, 5.74) is 0.605. The summed E-state index contributed by atoms with van der Waals surface area (Å²) >= 11 is 0. The Bertz CT molecular complexity index is 382. The van der Waals surface area contributed by atoms with Crippen LogP contribution in [0.25, 0.3) is 0 Å². The predicted molar refractivity (Wildman–Crippen MR) is 64.3 cm³/mol. The number of aromatic nitrogens is 1. The molecule has 0 aromatic carbocycles. The van der Waals surface area contributed by atoms with E-state index in [9.17, 15) is 10.1 Å². The maximum Gasteiger partial charge on any atom is 0.406 e. The van der Waals surface area contributed by atoms with Crippen LogP contribution in [0, 0.1) is 17.0 Å². The molecule has 0 fully saturated rings. The molecular formula is C11H17N3O3. The minimum Gasteiger partial charge on any atom is -0.484 e. The molecule has 1 rings (SSSR count). The van der Waals surface area contributed by atoms with E-state index >= 15 is 0 Å². The van der Waals surface area contributed by atoms with Gasteiger partial charge in [0.2, 0.25) is 5.75 Å². The number of hydrogen-bond acceptors (Lipinski definition) is 5. The van der Waals surface area contributed by atoms with Crippen LogP contribution in [0.2, 0.25) is 0 Å². The molecule has 1 N–H and O–H groups in total. The fourth-order valence-electron chi connectivity index (χ4n) is 1.31. The van der Waals surface area contributed by atoms with E-state index in [1.165, 1.54) is 0 Å². The summed E-state index contributed by atoms with van der Waals surface area (Å²) in [6.45, 7) is 5.75. The highest BCUT2D eigenvalue weighted by atomic mass is 16.6. The molecule has 94 valence electrons. The molecule has 0 aliphatic heterocycles. The third-order valence-corrected chi connectivity index (χ3v) is 2.11. The van der Waals surface area contributed by atoms with E-state index in [1.807, 2.05) is 0 Å². The number of nitro groups is 1. The average Bonchev–Trinajstić information content (AvgIpc) is 2.30. The molecule has 0 aliphatic rings. The molecule has 0 atom stereocenters. The van der Waals surface area contributed by atoms with Gasteiger partial charge in [-0.25, -0.2) is 0 Å². The predicted octanol–water partition coefficient (Wildman–Crippen LogP) is 1.68. The highest BCUT2D eigenvalue weighted by Gasteiger charge is 2.17. The molecule has 1 heterocycles. The quantitative estimate of drug-likeness (QED) is 0.445. The second-order valence-electron chi connectivity index (χ2n) is 3.63. The van der Waals surface area contributed by atoms with Gasteiger partial charge in [0.15, 0.2) is 0 Å². The van der Waals surface area contributed by atoms with Gasteiger partial charge in [-0.05, 0) is 35.0 Å². The summed E-state index contributed by atoms with van der Waals surface area (Å²) in [7, 11) is 0. The Morgan fingerprint density at radius 2 is 2.24 bits per heavy atom. The van der Waals surface area contributed by atoms with E-state index < -0.39 is 4.92 Å². The maximum atomic E-state index is 10.8. The smallest absolute Gasteiger partial charge is 0.406 e. The summed E-state index contributed by atoms with van der Waals surface area (Å²) in [6, 6.07) is 3.28. The van der Waals surface area contributed by atoms with E-state index in [1.54, 1.807) is 19.1 Å². The topological polar surface area (TPSA) is 77.3 Å². The normalized spacial score (nSPS) is 10.2. The van der Waals surface area contributed by atoms with Gasteiger partial charge in [0.05, 0.1) is 0 Å². The van der Waals surface area contributed by atoms with Crippen LogP contribution in [-0.4, -0.2) is 29.6 Å². The number of aryl methyl sites for hydroxylation is 1. The third-order valence-electron chi connectivity index (χ3n) is 2.11. The summed E-state index contributed by atoms with van der Waals surface area (Å²) < 4.78 is 5.33. The molecule has 0 saturated heterocycles. The van der Waals surface area contributed by atoms with Crippen molar-refractivity contribution in [3.05, 3.63) is 27.9 Å². The van der Waals surface area contributed by atoms with Crippen molar-refractivity contribution < 1.29 is 9.66 Å². The Balaban J connectivity index is 2.55. The van der Waals surface area contributed by atoms with Gasteiger partial charge in [-0.2, -0.15) is 0 Å². The third kappa shape index (κ3) is 4.36. The van der Waals surface area contributed by atoms with Crippen LogP contribution in [0.1, 0.15) is 19.0 Å². The van der Waals surface area contributed by atoms with Gasteiger partial charge in [0.25, 0.3) is 0 Å². The highest BCUT2D eigenvalue weighted by molar-refractivity contribution is 5.40. The molecule has 6 nitrogen and oxygen atoms in total. The zero-order valence-electron chi connectivity index (χ0n) is 10.1. The molecule has 6 heteroatoms. The minimum atomic E-state index is -0.526. The second kappa shape index (κ2) is 6.80. The number of nitrogens with zero attached hydrogens (tertiary/aromatic N) is 2. The lowest BCUT2D eigenvalue weighted by Gasteiger charge is -2.07. The van der Waals surface area contributed by atoms with Gasteiger partial charge in [-0.1, -0.05) is 6.92 Å². The first-order valence-electron chi connectivity index (χ1n) is 5.60. The fraction of sp³-hybridized carbons (Fsp3) is 0.545. The fourth-order valence-corrected chi connectivity index (χ4v) is 1.31. The molecule has 0 saturated carbocycles. The number of ether oxygens (including phenoxy) is 1. The molecule has 0 unspecified atom stereocenters. The Hall–Kier alpha value is -1.69. The van der Waals surface area contributed by atoms with Gasteiger partial charge >= 0.3 is 5.82 Å². The first-order valence-corrected chi connectivity index (χ1v) is 5.60. The first-order chi connectivity index (χ1) is 8.15. The van der Waals surface area contributed by atoms with E-state index in [-0.39, 0.29) is 11.6 Å². The van der Waals surface area contributed by atoms with Crippen LogP contribution in [0.15, 0.2) is 12.1 Å². The number of pyridine rings is 1. The van der Waals surface area contributed by atoms with Gasteiger partial charge < -0.3 is 20.2 Å². The Morgan fingerprint density at radius 3 is 2.88 bits per heavy atom. The molecular weight excluding hydrogens is 222 g/mol. The highest BCUT2D eigenvalue weighted by Crippen LogP contribution is 2.23. The van der Waals surface area contributed by atoms with Crippen LogP contribution in [-0.2, 0) is 0 Å². The number of nitrogens with one attached hydrogen (secondary N) is 1. The van der Waals surface area contributed by atoms with Crippen LogP contribution in [0.5, 0.6) is 5.75 Å². The van der Waals surface area contributed by atoms with Crippen LogP contribution in [0.4, 0.5) is 5.82 Å². The number of rotatable bonds is 7. The summed E-state index contributed by atoms with van der Waals surface area (Å²) in [6.07, 6.45) is 1.05.